The summed E-state index contributed by atoms with van der Waals surface area (Å²) in [5, 5.41) is 15.2. The zero-order valence-corrected chi connectivity index (χ0v) is 25.0. The van der Waals surface area contributed by atoms with Crippen LogP contribution < -0.4 is 20.7 Å². The van der Waals surface area contributed by atoms with Gasteiger partial charge in [0, 0.05) is 22.1 Å². The van der Waals surface area contributed by atoms with E-state index in [0.717, 1.165) is 20.6 Å². The van der Waals surface area contributed by atoms with Crippen molar-refractivity contribution in [3.05, 3.63) is 87.9 Å². The van der Waals surface area contributed by atoms with Crippen LogP contribution in [-0.4, -0.2) is 43.1 Å². The molecule has 0 unspecified atom stereocenters. The Bertz CT molecular complexity index is 1670. The molecule has 0 aromatic heterocycles. The molecule has 0 aliphatic carbocycles. The van der Waals surface area contributed by atoms with E-state index in [1.807, 2.05) is 42.5 Å². The predicted octanol–water partition coefficient (Wildman–Crippen LogP) is 4.43. The largest absolute Gasteiger partial charge is 0.481 e. The monoisotopic (exact) mass is 640 g/mol. The molecule has 1 aliphatic rings. The molecule has 1 aliphatic heterocycles. The lowest BCUT2D eigenvalue weighted by molar-refractivity contribution is -0.137. The molecule has 3 aromatic carbocycles. The number of primary amides is 1. The fourth-order valence-corrected chi connectivity index (χ4v) is 6.40. The standard InChI is InChI=1S/C29H29BrN4O6S/c1-29(2,28(31)38)34(41(3,39)40)21-12-10-20(11-13-21)32-26(18-7-4-17(5-8-18)6-15-24(35)36)25-22-14-9-19(30)16-23(22)33-27(25)37/h4-5,7-14,16,32H,6,15H2,1-3H3,(H2,31,38)(H,33,37)(H,35,36)/b26-25-. The first-order valence-electron chi connectivity index (χ1n) is 12.5. The summed E-state index contributed by atoms with van der Waals surface area (Å²) in [7, 11) is -3.86. The number of rotatable bonds is 10. The molecule has 0 radical (unpaired) electrons. The minimum atomic E-state index is -3.86. The molecule has 5 N–H and O–H groups in total. The minimum absolute atomic E-state index is 0.000389. The topological polar surface area (TPSA) is 159 Å². The molecular weight excluding hydrogens is 612 g/mol. The SMILES string of the molecule is CC(C)(C(N)=O)N(c1ccc(N/C(=C2\C(=O)Nc3cc(Br)ccc32)c2ccc(CCC(=O)O)cc2)cc1)S(C)(=O)=O. The lowest BCUT2D eigenvalue weighted by Gasteiger charge is -2.35. The smallest absolute Gasteiger partial charge is 0.303 e. The summed E-state index contributed by atoms with van der Waals surface area (Å²) < 4.78 is 27.0. The number of hydrogen-bond donors (Lipinski definition) is 4. The van der Waals surface area contributed by atoms with Crippen molar-refractivity contribution < 1.29 is 27.9 Å². The van der Waals surface area contributed by atoms with Crippen LogP contribution in [0.25, 0.3) is 11.3 Å². The van der Waals surface area contributed by atoms with Gasteiger partial charge in [0.15, 0.2) is 0 Å². The predicted molar refractivity (Wildman–Crippen MR) is 163 cm³/mol. The number of amides is 2. The quantitative estimate of drug-likeness (QED) is 0.239. The van der Waals surface area contributed by atoms with E-state index in [0.29, 0.717) is 40.2 Å². The molecule has 214 valence electrons. The second-order valence-corrected chi connectivity index (χ2v) is 12.9. The molecule has 12 heteroatoms. The maximum Gasteiger partial charge on any atom is 0.303 e. The Balaban J connectivity index is 1.78. The fraction of sp³-hybridized carbons (Fsp3) is 0.207. The molecule has 4 rings (SSSR count). The number of carbonyl (C=O) groups excluding carboxylic acids is 2. The average Bonchev–Trinajstić information content (AvgIpc) is 3.20. The van der Waals surface area contributed by atoms with E-state index < -0.39 is 27.4 Å². The number of carboxylic acids is 1. The fourth-order valence-electron chi connectivity index (χ4n) is 4.61. The van der Waals surface area contributed by atoms with E-state index in [2.05, 4.69) is 26.6 Å². The van der Waals surface area contributed by atoms with Crippen LogP contribution in [0.3, 0.4) is 0 Å². The van der Waals surface area contributed by atoms with Crippen molar-refractivity contribution in [1.82, 2.24) is 0 Å². The van der Waals surface area contributed by atoms with E-state index in [1.54, 1.807) is 24.3 Å². The van der Waals surface area contributed by atoms with Crippen LogP contribution in [0.4, 0.5) is 17.1 Å². The van der Waals surface area contributed by atoms with Gasteiger partial charge in [-0.2, -0.15) is 0 Å². The third kappa shape index (κ3) is 6.44. The lowest BCUT2D eigenvalue weighted by Crippen LogP contribution is -2.55. The maximum absolute atomic E-state index is 13.2. The van der Waals surface area contributed by atoms with Crippen molar-refractivity contribution in [3.8, 4) is 0 Å². The summed E-state index contributed by atoms with van der Waals surface area (Å²) >= 11 is 3.43. The van der Waals surface area contributed by atoms with E-state index in [-0.39, 0.29) is 18.0 Å². The first-order valence-corrected chi connectivity index (χ1v) is 15.2. The van der Waals surface area contributed by atoms with Gasteiger partial charge in [-0.25, -0.2) is 8.42 Å². The van der Waals surface area contributed by atoms with Crippen LogP contribution >= 0.6 is 15.9 Å². The van der Waals surface area contributed by atoms with Gasteiger partial charge in [0.25, 0.3) is 5.91 Å². The second kappa shape index (κ2) is 11.4. The van der Waals surface area contributed by atoms with Gasteiger partial charge >= 0.3 is 5.97 Å². The van der Waals surface area contributed by atoms with Gasteiger partial charge in [-0.1, -0.05) is 46.3 Å². The molecule has 10 nitrogen and oxygen atoms in total. The second-order valence-electron chi connectivity index (χ2n) is 10.1. The van der Waals surface area contributed by atoms with Crippen LogP contribution in [0.15, 0.2) is 71.2 Å². The molecule has 0 atom stereocenters. The van der Waals surface area contributed by atoms with Gasteiger partial charge in [-0.3, -0.25) is 18.7 Å². The Morgan fingerprint density at radius 1 is 1.05 bits per heavy atom. The van der Waals surface area contributed by atoms with Gasteiger partial charge < -0.3 is 21.5 Å². The lowest BCUT2D eigenvalue weighted by atomic mass is 9.98. The highest BCUT2D eigenvalue weighted by atomic mass is 79.9. The van der Waals surface area contributed by atoms with Gasteiger partial charge in [-0.15, -0.1) is 0 Å². The van der Waals surface area contributed by atoms with Crippen molar-refractivity contribution in [3.63, 3.8) is 0 Å². The molecule has 0 saturated heterocycles. The number of halogens is 1. The van der Waals surface area contributed by atoms with Gasteiger partial charge in [0.2, 0.25) is 15.9 Å². The Morgan fingerprint density at radius 3 is 2.24 bits per heavy atom. The first-order chi connectivity index (χ1) is 19.2. The average molecular weight is 642 g/mol. The van der Waals surface area contributed by atoms with Gasteiger partial charge in [-0.05, 0) is 67.8 Å². The summed E-state index contributed by atoms with van der Waals surface area (Å²) in [5.74, 6) is -2.00. The zero-order chi connectivity index (χ0) is 30.1. The van der Waals surface area contributed by atoms with Crippen molar-refractivity contribution in [2.75, 3.05) is 21.2 Å². The van der Waals surface area contributed by atoms with Crippen LogP contribution in [0, 0.1) is 0 Å². The molecule has 0 fully saturated rings. The Morgan fingerprint density at radius 2 is 1.68 bits per heavy atom. The number of hydrogen-bond acceptors (Lipinski definition) is 6. The van der Waals surface area contributed by atoms with E-state index in [9.17, 15) is 22.8 Å². The number of fused-ring (bicyclic) bond motifs is 1. The van der Waals surface area contributed by atoms with E-state index >= 15 is 0 Å². The Hall–Kier alpha value is -4.16. The third-order valence-electron chi connectivity index (χ3n) is 6.66. The van der Waals surface area contributed by atoms with E-state index in [4.69, 9.17) is 10.8 Å². The summed E-state index contributed by atoms with van der Waals surface area (Å²) in [5.41, 5.74) is 8.54. The number of anilines is 3. The highest BCUT2D eigenvalue weighted by Gasteiger charge is 2.39. The Labute approximate surface area is 246 Å². The van der Waals surface area contributed by atoms with Crippen molar-refractivity contribution in [2.45, 2.75) is 32.2 Å². The highest BCUT2D eigenvalue weighted by molar-refractivity contribution is 9.10. The van der Waals surface area contributed by atoms with Gasteiger partial charge in [0.1, 0.15) is 5.54 Å². The van der Waals surface area contributed by atoms with Gasteiger partial charge in [0.05, 0.1) is 28.9 Å². The molecule has 0 bridgehead atoms. The van der Waals surface area contributed by atoms with Crippen molar-refractivity contribution in [1.29, 1.82) is 0 Å². The highest BCUT2D eigenvalue weighted by Crippen LogP contribution is 2.39. The number of nitrogens with one attached hydrogen (secondary N) is 2. The van der Waals surface area contributed by atoms with Crippen LogP contribution in [0.5, 0.6) is 0 Å². The number of nitrogens with two attached hydrogens (primary N) is 1. The molecule has 0 saturated carbocycles. The summed E-state index contributed by atoms with van der Waals surface area (Å²) in [6, 6.07) is 19.1. The number of nitrogens with zero attached hydrogens (tertiary/aromatic N) is 1. The van der Waals surface area contributed by atoms with Crippen LogP contribution in [0.1, 0.15) is 37.0 Å². The maximum atomic E-state index is 13.2. The summed E-state index contributed by atoms with van der Waals surface area (Å²) in [6.07, 6.45) is 1.37. The van der Waals surface area contributed by atoms with Crippen LogP contribution in [-0.2, 0) is 30.8 Å². The molecule has 0 spiro atoms. The Kier molecular flexibility index (Phi) is 8.27. The molecule has 2 amide bonds. The van der Waals surface area contributed by atoms with Crippen molar-refractivity contribution >= 4 is 72.1 Å². The summed E-state index contributed by atoms with van der Waals surface area (Å²) in [4.78, 5) is 36.3. The first kappa shape index (κ1) is 29.8. The summed E-state index contributed by atoms with van der Waals surface area (Å²) in [6.45, 7) is 2.86. The molecule has 1 heterocycles. The number of aryl methyl sites for hydroxylation is 1. The number of carboxylic acid groups (broad SMARTS) is 1. The normalized spacial score (nSPS) is 14.2. The molecular formula is C29H29BrN4O6S. The number of benzene rings is 3. The third-order valence-corrected chi connectivity index (χ3v) is 8.48. The minimum Gasteiger partial charge on any atom is -0.481 e. The number of aliphatic carboxylic acids is 1. The zero-order valence-electron chi connectivity index (χ0n) is 22.6. The number of carbonyl (C=O) groups is 3. The number of sulfonamides is 1. The van der Waals surface area contributed by atoms with Crippen molar-refractivity contribution in [2.24, 2.45) is 5.73 Å². The van der Waals surface area contributed by atoms with E-state index in [1.165, 1.54) is 13.8 Å². The molecule has 41 heavy (non-hydrogen) atoms. The molecule has 3 aromatic rings. The van der Waals surface area contributed by atoms with Crippen LogP contribution in [0.2, 0.25) is 0 Å².